The van der Waals surface area contributed by atoms with Crippen LogP contribution < -0.4 is 5.32 Å². The van der Waals surface area contributed by atoms with Crippen LogP contribution in [0.3, 0.4) is 0 Å². The van der Waals surface area contributed by atoms with Crippen molar-refractivity contribution in [1.29, 1.82) is 0 Å². The van der Waals surface area contributed by atoms with Crippen molar-refractivity contribution in [2.75, 3.05) is 12.9 Å². The van der Waals surface area contributed by atoms with E-state index in [0.717, 1.165) is 11.5 Å². The molecule has 1 aromatic heterocycles. The molecule has 2 unspecified atom stereocenters. The first-order valence-corrected chi connectivity index (χ1v) is 7.74. The molecular formula is C13H19N5OS. The second kappa shape index (κ2) is 7.37. The summed E-state index contributed by atoms with van der Waals surface area (Å²) in [6, 6.07) is 9.95. The Morgan fingerprint density at radius 2 is 2.10 bits per heavy atom. The highest BCUT2D eigenvalue weighted by atomic mass is 32.2. The number of tetrazole rings is 1. The molecule has 2 aromatic rings. The predicted molar refractivity (Wildman–Crippen MR) is 79.8 cm³/mol. The van der Waals surface area contributed by atoms with Gasteiger partial charge in [-0.05, 0) is 35.7 Å². The smallest absolute Gasteiger partial charge is 0.170 e. The Balaban J connectivity index is 2.03. The van der Waals surface area contributed by atoms with Gasteiger partial charge in [0.1, 0.15) is 0 Å². The van der Waals surface area contributed by atoms with Crippen LogP contribution in [0.4, 0.5) is 0 Å². The van der Waals surface area contributed by atoms with Gasteiger partial charge >= 0.3 is 0 Å². The average Bonchev–Trinajstić information content (AvgIpc) is 2.95. The lowest BCUT2D eigenvalue weighted by atomic mass is 10.2. The van der Waals surface area contributed by atoms with E-state index in [-0.39, 0.29) is 17.9 Å². The third kappa shape index (κ3) is 3.56. The van der Waals surface area contributed by atoms with E-state index >= 15 is 0 Å². The maximum atomic E-state index is 9.28. The molecule has 6 nitrogen and oxygen atoms in total. The number of nitrogens with one attached hydrogen (secondary N) is 1. The molecule has 2 rings (SSSR count). The minimum atomic E-state index is 0.152. The maximum absolute atomic E-state index is 9.28. The highest BCUT2D eigenvalue weighted by molar-refractivity contribution is 7.99. The van der Waals surface area contributed by atoms with Gasteiger partial charge in [0.25, 0.3) is 0 Å². The van der Waals surface area contributed by atoms with Gasteiger partial charge in [-0.25, -0.2) is 0 Å². The molecule has 1 aromatic carbocycles. The van der Waals surface area contributed by atoms with Gasteiger partial charge in [-0.2, -0.15) is 16.4 Å². The van der Waals surface area contributed by atoms with Crippen LogP contribution in [0.2, 0.25) is 0 Å². The first-order valence-electron chi connectivity index (χ1n) is 6.46. The molecule has 20 heavy (non-hydrogen) atoms. The number of hydrogen-bond acceptors (Lipinski definition) is 6. The third-order valence-corrected chi connectivity index (χ3v) is 4.32. The first kappa shape index (κ1) is 15.0. The summed E-state index contributed by atoms with van der Waals surface area (Å²) in [5.41, 5.74) is 0.936. The zero-order valence-electron chi connectivity index (χ0n) is 11.6. The Labute approximate surface area is 122 Å². The zero-order chi connectivity index (χ0) is 14.4. The van der Waals surface area contributed by atoms with Crippen molar-refractivity contribution >= 4 is 11.8 Å². The van der Waals surface area contributed by atoms with E-state index in [9.17, 15) is 5.11 Å². The van der Waals surface area contributed by atoms with Gasteiger partial charge in [0.15, 0.2) is 5.82 Å². The molecule has 0 amide bonds. The normalized spacial score (nSPS) is 14.2. The van der Waals surface area contributed by atoms with Crippen molar-refractivity contribution in [3.05, 3.63) is 36.2 Å². The zero-order valence-corrected chi connectivity index (χ0v) is 12.4. The van der Waals surface area contributed by atoms with Gasteiger partial charge in [-0.1, -0.05) is 18.2 Å². The fourth-order valence-electron chi connectivity index (χ4n) is 1.91. The number of aliphatic hydroxyl groups is 1. The summed E-state index contributed by atoms with van der Waals surface area (Å²) in [5, 5.41) is 24.6. The number of hydrogen-bond donors (Lipinski definition) is 2. The SMILES string of the molecule is CSC(CO)C(C)NCc1nnnn1-c1ccccc1. The summed E-state index contributed by atoms with van der Waals surface area (Å²) in [4.78, 5) is 0. The number of nitrogens with zero attached hydrogens (tertiary/aromatic N) is 4. The van der Waals surface area contributed by atoms with Crippen LogP contribution >= 0.6 is 11.8 Å². The number of benzene rings is 1. The van der Waals surface area contributed by atoms with Crippen LogP contribution in [0.1, 0.15) is 12.7 Å². The topological polar surface area (TPSA) is 75.9 Å². The Kier molecular flexibility index (Phi) is 5.51. The highest BCUT2D eigenvalue weighted by Gasteiger charge is 2.16. The number of rotatable bonds is 7. The van der Waals surface area contributed by atoms with E-state index in [4.69, 9.17) is 0 Å². The van der Waals surface area contributed by atoms with E-state index in [2.05, 4.69) is 20.8 Å². The Bertz CT molecular complexity index is 514. The van der Waals surface area contributed by atoms with Crippen molar-refractivity contribution in [3.8, 4) is 5.69 Å². The van der Waals surface area contributed by atoms with E-state index in [1.54, 1.807) is 16.4 Å². The van der Waals surface area contributed by atoms with E-state index in [0.29, 0.717) is 6.54 Å². The van der Waals surface area contributed by atoms with Gasteiger partial charge in [0.2, 0.25) is 0 Å². The predicted octanol–water partition coefficient (Wildman–Crippen LogP) is 0.864. The minimum Gasteiger partial charge on any atom is -0.395 e. The van der Waals surface area contributed by atoms with Crippen LogP contribution in [0, 0.1) is 0 Å². The average molecular weight is 293 g/mol. The molecule has 0 bridgehead atoms. The van der Waals surface area contributed by atoms with E-state index in [1.807, 2.05) is 43.5 Å². The molecule has 0 fully saturated rings. The third-order valence-electron chi connectivity index (χ3n) is 3.16. The summed E-state index contributed by atoms with van der Waals surface area (Å²) >= 11 is 1.64. The van der Waals surface area contributed by atoms with Gasteiger partial charge < -0.3 is 10.4 Å². The van der Waals surface area contributed by atoms with E-state index < -0.39 is 0 Å². The summed E-state index contributed by atoms with van der Waals surface area (Å²) < 4.78 is 1.72. The molecule has 0 aliphatic rings. The number of aliphatic hydroxyl groups excluding tert-OH is 1. The van der Waals surface area contributed by atoms with Crippen molar-refractivity contribution in [2.24, 2.45) is 0 Å². The van der Waals surface area contributed by atoms with Gasteiger partial charge in [-0.3, -0.25) is 0 Å². The van der Waals surface area contributed by atoms with Gasteiger partial charge in [-0.15, -0.1) is 5.10 Å². The molecule has 7 heteroatoms. The summed E-state index contributed by atoms with van der Waals surface area (Å²) in [5.74, 6) is 0.751. The van der Waals surface area contributed by atoms with Crippen LogP contribution in [-0.2, 0) is 6.54 Å². The van der Waals surface area contributed by atoms with Crippen molar-refractivity contribution in [2.45, 2.75) is 24.8 Å². The summed E-state index contributed by atoms with van der Waals surface area (Å²) in [6.45, 7) is 2.76. The number of thioether (sulfide) groups is 1. The standard InChI is InChI=1S/C13H19N5OS/c1-10(12(9-19)20-2)14-8-13-15-16-17-18(13)11-6-4-3-5-7-11/h3-7,10,12,14,19H,8-9H2,1-2H3. The summed E-state index contributed by atoms with van der Waals surface area (Å²) in [7, 11) is 0. The molecule has 2 N–H and O–H groups in total. The molecule has 0 aliphatic heterocycles. The lowest BCUT2D eigenvalue weighted by Crippen LogP contribution is -2.37. The minimum absolute atomic E-state index is 0.152. The first-order chi connectivity index (χ1) is 9.76. The lowest BCUT2D eigenvalue weighted by Gasteiger charge is -2.20. The molecule has 1 heterocycles. The molecule has 0 aliphatic carbocycles. The molecule has 0 saturated heterocycles. The fourth-order valence-corrected chi connectivity index (χ4v) is 2.56. The van der Waals surface area contributed by atoms with Crippen LogP contribution in [0.25, 0.3) is 5.69 Å². The number of aromatic nitrogens is 4. The lowest BCUT2D eigenvalue weighted by molar-refractivity contribution is 0.275. The largest absolute Gasteiger partial charge is 0.395 e. The quantitative estimate of drug-likeness (QED) is 0.789. The van der Waals surface area contributed by atoms with Crippen LogP contribution in [-0.4, -0.2) is 49.5 Å². The molecule has 0 radical (unpaired) electrons. The monoisotopic (exact) mass is 293 g/mol. The van der Waals surface area contributed by atoms with Crippen molar-refractivity contribution < 1.29 is 5.11 Å². The van der Waals surface area contributed by atoms with E-state index in [1.165, 1.54) is 0 Å². The van der Waals surface area contributed by atoms with Crippen LogP contribution in [0.5, 0.6) is 0 Å². The molecular weight excluding hydrogens is 274 g/mol. The van der Waals surface area contributed by atoms with Crippen molar-refractivity contribution in [1.82, 2.24) is 25.5 Å². The highest BCUT2D eigenvalue weighted by Crippen LogP contribution is 2.11. The second-order valence-electron chi connectivity index (χ2n) is 4.47. The number of para-hydroxylation sites is 1. The Morgan fingerprint density at radius 3 is 2.75 bits per heavy atom. The Hall–Kier alpha value is -1.44. The summed E-state index contributed by atoms with van der Waals surface area (Å²) in [6.07, 6.45) is 1.99. The van der Waals surface area contributed by atoms with Crippen LogP contribution in [0.15, 0.2) is 30.3 Å². The second-order valence-corrected chi connectivity index (χ2v) is 5.55. The molecule has 0 spiro atoms. The Morgan fingerprint density at radius 1 is 1.35 bits per heavy atom. The fraction of sp³-hybridized carbons (Fsp3) is 0.462. The van der Waals surface area contributed by atoms with Crippen molar-refractivity contribution in [3.63, 3.8) is 0 Å². The molecule has 2 atom stereocenters. The van der Waals surface area contributed by atoms with Gasteiger partial charge in [0, 0.05) is 11.3 Å². The van der Waals surface area contributed by atoms with Gasteiger partial charge in [0.05, 0.1) is 18.8 Å². The molecule has 0 saturated carbocycles. The molecule has 108 valence electrons. The maximum Gasteiger partial charge on any atom is 0.170 e.